The van der Waals surface area contributed by atoms with E-state index in [1.165, 1.54) is 18.2 Å². The lowest BCUT2D eigenvalue weighted by Crippen LogP contribution is -2.41. The molecule has 1 atom stereocenters. The highest BCUT2D eigenvalue weighted by molar-refractivity contribution is 7.91. The van der Waals surface area contributed by atoms with Crippen molar-refractivity contribution in [2.24, 2.45) is 0 Å². The van der Waals surface area contributed by atoms with Crippen LogP contribution in [0, 0.1) is 10.1 Å². The molecule has 0 spiro atoms. The maximum atomic E-state index is 13.0. The van der Waals surface area contributed by atoms with Gasteiger partial charge in [-0.15, -0.1) is 0 Å². The first-order valence-corrected chi connectivity index (χ1v) is 10.5. The second kappa shape index (κ2) is 8.48. The lowest BCUT2D eigenvalue weighted by molar-refractivity contribution is -0.385. The predicted molar refractivity (Wildman–Crippen MR) is 97.3 cm³/mol. The molecule has 0 aromatic heterocycles. The summed E-state index contributed by atoms with van der Waals surface area (Å²) in [5.74, 6) is -0.261. The molecular formula is C17H24N2O6S. The van der Waals surface area contributed by atoms with Gasteiger partial charge in [0.25, 0.3) is 5.91 Å². The fourth-order valence-electron chi connectivity index (χ4n) is 3.04. The lowest BCUT2D eigenvalue weighted by atomic mass is 10.1. The first kappa shape index (κ1) is 20.2. The molecule has 2 rings (SSSR count). The third-order valence-corrected chi connectivity index (χ3v) is 6.12. The maximum absolute atomic E-state index is 13.0. The summed E-state index contributed by atoms with van der Waals surface area (Å²) in [5, 5.41) is 11.3. The molecule has 0 N–H and O–H groups in total. The molecule has 9 heteroatoms. The van der Waals surface area contributed by atoms with Crippen LogP contribution in [-0.4, -0.2) is 54.8 Å². The molecule has 8 nitrogen and oxygen atoms in total. The number of sulfone groups is 1. The number of rotatable bonds is 8. The van der Waals surface area contributed by atoms with E-state index >= 15 is 0 Å². The molecule has 1 amide bonds. The van der Waals surface area contributed by atoms with Gasteiger partial charge in [0, 0.05) is 24.2 Å². The molecule has 1 aliphatic heterocycles. The molecule has 0 radical (unpaired) electrons. The molecule has 0 bridgehead atoms. The Labute approximate surface area is 153 Å². The van der Waals surface area contributed by atoms with Crippen molar-refractivity contribution in [1.29, 1.82) is 0 Å². The number of nitrogens with zero attached hydrogens (tertiary/aromatic N) is 2. The quantitative estimate of drug-likeness (QED) is 0.503. The molecule has 26 heavy (non-hydrogen) atoms. The SMILES string of the molecule is CCCCN(C(=O)c1ccc(OCC)c([N+](=O)[O-])c1)C1CCS(=O)(=O)C1. The summed E-state index contributed by atoms with van der Waals surface area (Å²) >= 11 is 0. The molecule has 1 aromatic rings. The smallest absolute Gasteiger partial charge is 0.311 e. The molecule has 1 unspecified atom stereocenters. The van der Waals surface area contributed by atoms with Crippen LogP contribution in [0.4, 0.5) is 5.69 Å². The third-order valence-electron chi connectivity index (χ3n) is 4.37. The highest BCUT2D eigenvalue weighted by Gasteiger charge is 2.35. The summed E-state index contributed by atoms with van der Waals surface area (Å²) < 4.78 is 28.8. The number of benzene rings is 1. The van der Waals surface area contributed by atoms with Crippen molar-refractivity contribution in [3.63, 3.8) is 0 Å². The summed E-state index contributed by atoms with van der Waals surface area (Å²) in [4.78, 5) is 25.2. The minimum absolute atomic E-state index is 0.0540. The molecule has 1 aromatic carbocycles. The van der Waals surface area contributed by atoms with E-state index in [-0.39, 0.29) is 47.1 Å². The Morgan fingerprint density at radius 3 is 2.65 bits per heavy atom. The Morgan fingerprint density at radius 2 is 2.12 bits per heavy atom. The molecule has 0 aliphatic carbocycles. The van der Waals surface area contributed by atoms with Crippen molar-refractivity contribution >= 4 is 21.4 Å². The van der Waals surface area contributed by atoms with Gasteiger partial charge in [-0.05, 0) is 31.9 Å². The van der Waals surface area contributed by atoms with E-state index in [2.05, 4.69) is 0 Å². The van der Waals surface area contributed by atoms with Gasteiger partial charge in [-0.3, -0.25) is 14.9 Å². The van der Waals surface area contributed by atoms with Crippen LogP contribution in [0.5, 0.6) is 5.75 Å². The van der Waals surface area contributed by atoms with Crippen LogP contribution < -0.4 is 4.74 Å². The Bertz CT molecular complexity index is 777. The van der Waals surface area contributed by atoms with E-state index in [1.54, 1.807) is 11.8 Å². The average molecular weight is 384 g/mol. The summed E-state index contributed by atoms with van der Waals surface area (Å²) in [5.41, 5.74) is -0.104. The van der Waals surface area contributed by atoms with Crippen molar-refractivity contribution in [3.8, 4) is 5.75 Å². The van der Waals surface area contributed by atoms with Crippen LogP contribution in [-0.2, 0) is 9.84 Å². The zero-order chi connectivity index (χ0) is 19.3. The Balaban J connectivity index is 2.32. The topological polar surface area (TPSA) is 107 Å². The Morgan fingerprint density at radius 1 is 1.38 bits per heavy atom. The van der Waals surface area contributed by atoms with E-state index in [0.717, 1.165) is 12.8 Å². The number of unbranched alkanes of at least 4 members (excludes halogenated alkanes) is 1. The highest BCUT2D eigenvalue weighted by atomic mass is 32.2. The number of amides is 1. The zero-order valence-electron chi connectivity index (χ0n) is 15.0. The average Bonchev–Trinajstić information content (AvgIpc) is 2.95. The van der Waals surface area contributed by atoms with Crippen LogP contribution in [0.1, 0.15) is 43.5 Å². The first-order valence-electron chi connectivity index (χ1n) is 8.71. The first-order chi connectivity index (χ1) is 12.3. The molecule has 1 aliphatic rings. The summed E-state index contributed by atoms with van der Waals surface area (Å²) in [6.45, 7) is 4.40. The van der Waals surface area contributed by atoms with E-state index in [4.69, 9.17) is 4.74 Å². The molecule has 144 valence electrons. The molecular weight excluding hydrogens is 360 g/mol. The van der Waals surface area contributed by atoms with Gasteiger partial charge in [-0.1, -0.05) is 13.3 Å². The van der Waals surface area contributed by atoms with Gasteiger partial charge < -0.3 is 9.64 Å². The van der Waals surface area contributed by atoms with Crippen LogP contribution in [0.25, 0.3) is 0 Å². The molecule has 1 fully saturated rings. The monoisotopic (exact) mass is 384 g/mol. The predicted octanol–water partition coefficient (Wildman–Crippen LogP) is 2.42. The van der Waals surface area contributed by atoms with Gasteiger partial charge in [0.05, 0.1) is 23.0 Å². The summed E-state index contributed by atoms with van der Waals surface area (Å²) in [6, 6.07) is 3.72. The lowest BCUT2D eigenvalue weighted by Gasteiger charge is -2.28. The van der Waals surface area contributed by atoms with Gasteiger partial charge in [-0.2, -0.15) is 0 Å². The number of nitro groups is 1. The van der Waals surface area contributed by atoms with Crippen LogP contribution >= 0.6 is 0 Å². The van der Waals surface area contributed by atoms with Crippen LogP contribution in [0.3, 0.4) is 0 Å². The van der Waals surface area contributed by atoms with Gasteiger partial charge >= 0.3 is 5.69 Å². The van der Waals surface area contributed by atoms with Crippen molar-refractivity contribution in [1.82, 2.24) is 4.90 Å². The largest absolute Gasteiger partial charge is 0.487 e. The van der Waals surface area contributed by atoms with Gasteiger partial charge in [0.15, 0.2) is 15.6 Å². The van der Waals surface area contributed by atoms with Gasteiger partial charge in [-0.25, -0.2) is 8.42 Å². The second-order valence-corrected chi connectivity index (χ2v) is 8.51. The Kier molecular flexibility index (Phi) is 6.57. The number of carbonyl (C=O) groups is 1. The third kappa shape index (κ3) is 4.72. The van der Waals surface area contributed by atoms with Crippen molar-refractivity contribution in [2.75, 3.05) is 24.7 Å². The highest BCUT2D eigenvalue weighted by Crippen LogP contribution is 2.29. The van der Waals surface area contributed by atoms with E-state index < -0.39 is 14.8 Å². The maximum Gasteiger partial charge on any atom is 0.311 e. The zero-order valence-corrected chi connectivity index (χ0v) is 15.8. The fraction of sp³-hybridized carbons (Fsp3) is 0.588. The minimum Gasteiger partial charge on any atom is -0.487 e. The number of hydrogen-bond donors (Lipinski definition) is 0. The number of ether oxygens (including phenoxy) is 1. The van der Waals surface area contributed by atoms with Crippen LogP contribution in [0.15, 0.2) is 18.2 Å². The number of hydrogen-bond acceptors (Lipinski definition) is 6. The molecule has 1 saturated heterocycles. The van der Waals surface area contributed by atoms with Crippen LogP contribution in [0.2, 0.25) is 0 Å². The number of carbonyl (C=O) groups excluding carboxylic acids is 1. The molecule has 0 saturated carbocycles. The summed E-state index contributed by atoms with van der Waals surface area (Å²) in [6.07, 6.45) is 1.99. The van der Waals surface area contributed by atoms with Gasteiger partial charge in [0.2, 0.25) is 0 Å². The van der Waals surface area contributed by atoms with E-state index in [9.17, 15) is 23.3 Å². The Hall–Kier alpha value is -2.16. The van der Waals surface area contributed by atoms with E-state index in [0.29, 0.717) is 13.0 Å². The normalized spacial score (nSPS) is 18.5. The van der Waals surface area contributed by atoms with Gasteiger partial charge in [0.1, 0.15) is 0 Å². The van der Waals surface area contributed by atoms with E-state index in [1.807, 2.05) is 6.92 Å². The standard InChI is InChI=1S/C17H24N2O6S/c1-3-5-9-18(14-8-10-26(23,24)12-14)17(20)13-6-7-16(25-4-2)15(11-13)19(21)22/h6-7,11,14H,3-5,8-10,12H2,1-2H3. The van der Waals surface area contributed by atoms with Crippen molar-refractivity contribution in [2.45, 2.75) is 39.2 Å². The summed E-state index contributed by atoms with van der Waals surface area (Å²) in [7, 11) is -3.14. The van der Waals surface area contributed by atoms with Crippen molar-refractivity contribution in [3.05, 3.63) is 33.9 Å². The fourth-order valence-corrected chi connectivity index (χ4v) is 4.77. The van der Waals surface area contributed by atoms with Crippen molar-refractivity contribution < 1.29 is 22.9 Å². The minimum atomic E-state index is -3.14. The molecule has 1 heterocycles. The number of nitro benzene ring substituents is 1. The second-order valence-electron chi connectivity index (χ2n) is 6.28.